The van der Waals surface area contributed by atoms with E-state index in [-0.39, 0.29) is 23.4 Å². The van der Waals surface area contributed by atoms with Gasteiger partial charge >= 0.3 is 0 Å². The lowest BCUT2D eigenvalue weighted by atomic mass is 9.98. The Morgan fingerprint density at radius 2 is 1.75 bits per heavy atom. The van der Waals surface area contributed by atoms with Crippen LogP contribution < -0.4 is 16.0 Å². The fourth-order valence-electron chi connectivity index (χ4n) is 4.55. The predicted molar refractivity (Wildman–Crippen MR) is 138 cm³/mol. The summed E-state index contributed by atoms with van der Waals surface area (Å²) in [5.41, 5.74) is -0.420. The third-order valence-electron chi connectivity index (χ3n) is 6.55. The summed E-state index contributed by atoms with van der Waals surface area (Å²) in [7, 11) is 0. The number of hydrogen-bond donors (Lipinski definition) is 3. The van der Waals surface area contributed by atoms with Crippen molar-refractivity contribution in [3.63, 3.8) is 0 Å². The van der Waals surface area contributed by atoms with Crippen LogP contribution in [-0.2, 0) is 30.4 Å². The van der Waals surface area contributed by atoms with Crippen molar-refractivity contribution in [3.8, 4) is 0 Å². The molecule has 0 bridgehead atoms. The zero-order chi connectivity index (χ0) is 26.3. The van der Waals surface area contributed by atoms with E-state index in [4.69, 9.17) is 0 Å². The van der Waals surface area contributed by atoms with Crippen molar-refractivity contribution in [1.82, 2.24) is 20.9 Å². The van der Waals surface area contributed by atoms with Crippen LogP contribution in [0.5, 0.6) is 0 Å². The lowest BCUT2D eigenvalue weighted by Gasteiger charge is -2.34. The summed E-state index contributed by atoms with van der Waals surface area (Å²) < 4.78 is 0. The Balaban J connectivity index is 1.83. The van der Waals surface area contributed by atoms with Crippen molar-refractivity contribution < 1.29 is 24.0 Å². The van der Waals surface area contributed by atoms with Gasteiger partial charge in [-0.1, -0.05) is 48.5 Å². The average Bonchev–Trinajstić information content (AvgIpc) is 3.32. The van der Waals surface area contributed by atoms with Crippen molar-refractivity contribution in [3.05, 3.63) is 35.9 Å². The highest BCUT2D eigenvalue weighted by Crippen LogP contribution is 2.21. The number of unbranched alkanes of at least 4 members (excludes halogenated alkanes) is 1. The summed E-state index contributed by atoms with van der Waals surface area (Å²) in [6.07, 6.45) is 3.14. The molecule has 2 aliphatic heterocycles. The molecule has 4 amide bonds. The molecule has 1 aromatic carbocycles. The Kier molecular flexibility index (Phi) is 9.53. The van der Waals surface area contributed by atoms with Crippen molar-refractivity contribution in [2.24, 2.45) is 0 Å². The summed E-state index contributed by atoms with van der Waals surface area (Å²) >= 11 is 1.23. The molecule has 2 heterocycles. The Morgan fingerprint density at radius 1 is 1.03 bits per heavy atom. The zero-order valence-electron chi connectivity index (χ0n) is 21.2. The van der Waals surface area contributed by atoms with Crippen LogP contribution in [0.3, 0.4) is 0 Å². The van der Waals surface area contributed by atoms with Gasteiger partial charge in [0, 0.05) is 25.6 Å². The van der Waals surface area contributed by atoms with E-state index in [2.05, 4.69) is 16.0 Å². The van der Waals surface area contributed by atoms with Gasteiger partial charge in [-0.05, 0) is 45.1 Å². The molecule has 36 heavy (non-hydrogen) atoms. The van der Waals surface area contributed by atoms with E-state index >= 15 is 0 Å². The average molecular weight is 517 g/mol. The summed E-state index contributed by atoms with van der Waals surface area (Å²) in [5.74, 6) is -0.935. The molecule has 2 fully saturated rings. The zero-order valence-corrected chi connectivity index (χ0v) is 22.0. The van der Waals surface area contributed by atoms with Crippen LogP contribution in [0.2, 0.25) is 0 Å². The number of nitrogens with zero attached hydrogens (tertiary/aromatic N) is 1. The molecule has 1 unspecified atom stereocenters. The topological polar surface area (TPSA) is 125 Å². The molecular formula is C26H36N4O5S. The number of rotatable bonds is 7. The van der Waals surface area contributed by atoms with E-state index in [0.717, 1.165) is 5.56 Å². The number of benzene rings is 1. The number of carbonyl (C=O) groups excluding carboxylic acids is 5. The summed E-state index contributed by atoms with van der Waals surface area (Å²) in [6, 6.07) is 6.99. The summed E-state index contributed by atoms with van der Waals surface area (Å²) in [6.45, 7) is 5.09. The molecule has 0 saturated carbocycles. The fourth-order valence-corrected chi connectivity index (χ4v) is 5.18. The molecule has 2 aliphatic rings. The van der Waals surface area contributed by atoms with E-state index in [1.54, 1.807) is 13.8 Å². The Morgan fingerprint density at radius 3 is 2.44 bits per heavy atom. The van der Waals surface area contributed by atoms with Gasteiger partial charge < -0.3 is 20.9 Å². The number of nitrogens with one attached hydrogen (secondary N) is 3. The SMILES string of the molecule is CC(=O)SCCCC[C@@H]1NC(=O)C2CCCN2C(=O)[C@H](Cc2ccccc2)NC(=O)C(C)(C)NC1=O. The van der Waals surface area contributed by atoms with Crippen molar-refractivity contribution in [2.45, 2.75) is 83.0 Å². The maximum absolute atomic E-state index is 13.6. The molecular weight excluding hydrogens is 480 g/mol. The minimum absolute atomic E-state index is 0.0383. The van der Waals surface area contributed by atoms with E-state index in [9.17, 15) is 24.0 Å². The smallest absolute Gasteiger partial charge is 0.246 e. The highest BCUT2D eigenvalue weighted by molar-refractivity contribution is 8.13. The van der Waals surface area contributed by atoms with Crippen LogP contribution in [0.1, 0.15) is 58.4 Å². The van der Waals surface area contributed by atoms with Crippen LogP contribution in [0, 0.1) is 0 Å². The standard InChI is InChI=1S/C26H36N4O5S/c1-17(31)36-15-8-7-12-19-22(32)29-26(2,3)25(35)28-20(16-18-10-5-4-6-11-18)24(34)30-14-9-13-21(30)23(33)27-19/h4-6,10-11,19-21H,7-9,12-16H2,1-3H3,(H,27,33)(H,28,35)(H,29,32)/t19-,20-,21?/m0/s1. The second-order valence-corrected chi connectivity index (χ2v) is 11.2. The van der Waals surface area contributed by atoms with E-state index in [1.165, 1.54) is 23.6 Å². The second kappa shape index (κ2) is 12.4. The Bertz CT molecular complexity index is 984. The first-order valence-electron chi connectivity index (χ1n) is 12.5. The Hall–Kier alpha value is -2.88. The monoisotopic (exact) mass is 516 g/mol. The van der Waals surface area contributed by atoms with Gasteiger partial charge in [0.25, 0.3) is 0 Å². The lowest BCUT2D eigenvalue weighted by molar-refractivity contribution is -0.144. The van der Waals surface area contributed by atoms with E-state index in [1.807, 2.05) is 30.3 Å². The largest absolute Gasteiger partial charge is 0.343 e. The lowest BCUT2D eigenvalue weighted by Crippen LogP contribution is -2.64. The van der Waals surface area contributed by atoms with Crippen molar-refractivity contribution >= 4 is 40.5 Å². The molecule has 0 radical (unpaired) electrons. The number of carbonyl (C=O) groups is 5. The van der Waals surface area contributed by atoms with Crippen LogP contribution in [0.15, 0.2) is 30.3 Å². The highest BCUT2D eigenvalue weighted by atomic mass is 32.2. The fraction of sp³-hybridized carbons (Fsp3) is 0.577. The minimum Gasteiger partial charge on any atom is -0.343 e. The first kappa shape index (κ1) is 27.7. The molecule has 0 aromatic heterocycles. The van der Waals surface area contributed by atoms with Crippen molar-refractivity contribution in [1.29, 1.82) is 0 Å². The predicted octanol–water partition coefficient (Wildman–Crippen LogP) is 1.55. The minimum atomic E-state index is -1.30. The molecule has 196 valence electrons. The van der Waals surface area contributed by atoms with Crippen molar-refractivity contribution in [2.75, 3.05) is 12.3 Å². The highest BCUT2D eigenvalue weighted by Gasteiger charge is 2.42. The Labute approximate surface area is 216 Å². The van der Waals surface area contributed by atoms with Gasteiger partial charge in [-0.2, -0.15) is 0 Å². The number of amides is 4. The number of hydrogen-bond acceptors (Lipinski definition) is 6. The molecule has 3 atom stereocenters. The van der Waals surface area contributed by atoms with Crippen LogP contribution >= 0.6 is 11.8 Å². The van der Waals surface area contributed by atoms with Gasteiger partial charge in [-0.25, -0.2) is 0 Å². The van der Waals surface area contributed by atoms with Gasteiger partial charge in [0.15, 0.2) is 5.12 Å². The third-order valence-corrected chi connectivity index (χ3v) is 7.45. The van der Waals surface area contributed by atoms with Crippen LogP contribution in [0.25, 0.3) is 0 Å². The summed E-state index contributed by atoms with van der Waals surface area (Å²) in [4.78, 5) is 66.0. The van der Waals surface area contributed by atoms with Gasteiger partial charge in [0.1, 0.15) is 23.7 Å². The van der Waals surface area contributed by atoms with Gasteiger partial charge in [0.05, 0.1) is 0 Å². The third kappa shape index (κ3) is 7.32. The number of fused-ring (bicyclic) bond motifs is 1. The van der Waals surface area contributed by atoms with E-state index in [0.29, 0.717) is 44.4 Å². The second-order valence-electron chi connectivity index (χ2n) is 9.92. The molecule has 3 N–H and O–H groups in total. The van der Waals surface area contributed by atoms with E-state index < -0.39 is 35.5 Å². The number of thioether (sulfide) groups is 1. The maximum Gasteiger partial charge on any atom is 0.246 e. The molecule has 0 aliphatic carbocycles. The van der Waals surface area contributed by atoms with Gasteiger partial charge in [0.2, 0.25) is 23.6 Å². The summed E-state index contributed by atoms with van der Waals surface area (Å²) in [5, 5.41) is 8.49. The molecule has 2 saturated heterocycles. The normalized spacial score (nSPS) is 24.6. The maximum atomic E-state index is 13.6. The first-order valence-corrected chi connectivity index (χ1v) is 13.5. The molecule has 9 nitrogen and oxygen atoms in total. The first-order chi connectivity index (χ1) is 17.1. The van der Waals surface area contributed by atoms with Gasteiger partial charge in [-0.15, -0.1) is 0 Å². The van der Waals surface area contributed by atoms with Gasteiger partial charge in [-0.3, -0.25) is 24.0 Å². The molecule has 3 rings (SSSR count). The van der Waals surface area contributed by atoms with Crippen LogP contribution in [0.4, 0.5) is 0 Å². The molecule has 1 aromatic rings. The molecule has 0 spiro atoms. The molecule has 10 heteroatoms. The quantitative estimate of drug-likeness (QED) is 0.473. The van der Waals surface area contributed by atoms with Crippen LogP contribution in [-0.4, -0.2) is 69.6 Å².